The number of rotatable bonds is 1. The molecule has 5 heteroatoms. The predicted octanol–water partition coefficient (Wildman–Crippen LogP) is 3.73. The van der Waals surface area contributed by atoms with Crippen molar-refractivity contribution in [3.05, 3.63) is 28.1 Å². The molecule has 3 nitrogen and oxygen atoms in total. The first kappa shape index (κ1) is 11.3. The lowest BCUT2D eigenvalue weighted by atomic mass is 10.1. The van der Waals surface area contributed by atoms with Gasteiger partial charge in [0.05, 0.1) is 5.02 Å². The van der Waals surface area contributed by atoms with Gasteiger partial charge in [-0.1, -0.05) is 23.2 Å². The number of hydrogen-bond donors (Lipinski definition) is 1. The van der Waals surface area contributed by atoms with Crippen LogP contribution in [-0.2, 0) is 0 Å². The minimum atomic E-state index is 0.258. The number of benzene rings is 1. The summed E-state index contributed by atoms with van der Waals surface area (Å²) >= 11 is 12.0. The highest BCUT2D eigenvalue weighted by Crippen LogP contribution is 2.36. The van der Waals surface area contributed by atoms with Crippen molar-refractivity contribution in [2.75, 3.05) is 0 Å². The van der Waals surface area contributed by atoms with Crippen molar-refractivity contribution in [3.8, 4) is 0 Å². The van der Waals surface area contributed by atoms with Crippen LogP contribution in [0.25, 0.3) is 11.1 Å². The Morgan fingerprint density at radius 2 is 2.12 bits per heavy atom. The third-order valence-corrected chi connectivity index (χ3v) is 3.75. The van der Waals surface area contributed by atoms with Crippen molar-refractivity contribution < 1.29 is 4.42 Å². The van der Waals surface area contributed by atoms with E-state index in [1.54, 1.807) is 12.1 Å². The van der Waals surface area contributed by atoms with Crippen LogP contribution in [0.4, 0.5) is 0 Å². The van der Waals surface area contributed by atoms with Gasteiger partial charge in [0, 0.05) is 17.0 Å². The van der Waals surface area contributed by atoms with E-state index >= 15 is 0 Å². The molecule has 2 N–H and O–H groups in total. The number of fused-ring (bicyclic) bond motifs is 1. The van der Waals surface area contributed by atoms with Crippen molar-refractivity contribution in [1.29, 1.82) is 0 Å². The molecule has 3 rings (SSSR count). The van der Waals surface area contributed by atoms with Gasteiger partial charge in [-0.15, -0.1) is 0 Å². The minimum absolute atomic E-state index is 0.258. The molecule has 0 radical (unpaired) electrons. The van der Waals surface area contributed by atoms with Crippen molar-refractivity contribution in [2.45, 2.75) is 31.2 Å². The number of hydrogen-bond acceptors (Lipinski definition) is 3. The first-order valence-corrected chi connectivity index (χ1v) is 6.40. The number of aromatic nitrogens is 1. The number of halogens is 2. The van der Waals surface area contributed by atoms with Gasteiger partial charge in [-0.3, -0.25) is 0 Å². The fraction of sp³-hybridized carbons (Fsp3) is 0.417. The average Bonchev–Trinajstić information content (AvgIpc) is 2.83. The summed E-state index contributed by atoms with van der Waals surface area (Å²) in [4.78, 5) is 4.46. The normalized spacial score (nSPS) is 24.6. The smallest absolute Gasteiger partial charge is 0.198 e. The molecule has 1 aromatic heterocycles. The van der Waals surface area contributed by atoms with Gasteiger partial charge < -0.3 is 10.2 Å². The summed E-state index contributed by atoms with van der Waals surface area (Å²) in [6, 6.07) is 3.69. The summed E-state index contributed by atoms with van der Waals surface area (Å²) in [5.74, 6) is 1.05. The van der Waals surface area contributed by atoms with E-state index in [2.05, 4.69) is 4.98 Å². The van der Waals surface area contributed by atoms with Gasteiger partial charge in [-0.2, -0.15) is 0 Å². The topological polar surface area (TPSA) is 52.0 Å². The van der Waals surface area contributed by atoms with E-state index < -0.39 is 0 Å². The summed E-state index contributed by atoms with van der Waals surface area (Å²) in [5, 5.41) is 1.08. The standard InChI is InChI=1S/C12H12Cl2N2O/c13-7-4-9(14)11-10(5-7)16-12(17-11)6-1-2-8(15)3-6/h4-6,8H,1-3,15H2. The Kier molecular flexibility index (Phi) is 2.77. The van der Waals surface area contributed by atoms with Crippen molar-refractivity contribution in [1.82, 2.24) is 4.98 Å². The lowest BCUT2D eigenvalue weighted by molar-refractivity contribution is 0.471. The number of nitrogens with zero attached hydrogens (tertiary/aromatic N) is 1. The Morgan fingerprint density at radius 1 is 1.29 bits per heavy atom. The molecule has 0 spiro atoms. The second-order valence-electron chi connectivity index (χ2n) is 4.56. The Morgan fingerprint density at radius 3 is 2.82 bits per heavy atom. The Hall–Kier alpha value is -0.770. The summed E-state index contributed by atoms with van der Waals surface area (Å²) in [5.41, 5.74) is 7.23. The molecule has 0 amide bonds. The van der Waals surface area contributed by atoms with Gasteiger partial charge in [0.15, 0.2) is 11.5 Å². The molecule has 90 valence electrons. The van der Waals surface area contributed by atoms with E-state index in [0.717, 1.165) is 30.7 Å². The van der Waals surface area contributed by atoms with Crippen molar-refractivity contribution >= 4 is 34.3 Å². The number of oxazole rings is 1. The second kappa shape index (κ2) is 4.16. The van der Waals surface area contributed by atoms with Crippen LogP contribution >= 0.6 is 23.2 Å². The number of nitrogens with two attached hydrogens (primary N) is 1. The van der Waals surface area contributed by atoms with Gasteiger partial charge in [-0.25, -0.2) is 4.98 Å². The molecule has 1 aliphatic carbocycles. The Labute approximate surface area is 109 Å². The second-order valence-corrected chi connectivity index (χ2v) is 5.40. The largest absolute Gasteiger partial charge is 0.439 e. The fourth-order valence-corrected chi connectivity index (χ4v) is 2.91. The summed E-state index contributed by atoms with van der Waals surface area (Å²) in [7, 11) is 0. The lowest BCUT2D eigenvalue weighted by Gasteiger charge is -2.02. The minimum Gasteiger partial charge on any atom is -0.439 e. The highest BCUT2D eigenvalue weighted by Gasteiger charge is 2.27. The van der Waals surface area contributed by atoms with E-state index in [9.17, 15) is 0 Å². The first-order valence-electron chi connectivity index (χ1n) is 5.64. The zero-order valence-electron chi connectivity index (χ0n) is 9.12. The zero-order chi connectivity index (χ0) is 12.0. The zero-order valence-corrected chi connectivity index (χ0v) is 10.6. The monoisotopic (exact) mass is 270 g/mol. The van der Waals surface area contributed by atoms with Crippen LogP contribution in [0.2, 0.25) is 10.0 Å². The maximum Gasteiger partial charge on any atom is 0.198 e. The van der Waals surface area contributed by atoms with Crippen LogP contribution in [0.5, 0.6) is 0 Å². The Balaban J connectivity index is 2.04. The summed E-state index contributed by atoms with van der Waals surface area (Å²) in [6.45, 7) is 0. The van der Waals surface area contributed by atoms with E-state index in [0.29, 0.717) is 21.5 Å². The third kappa shape index (κ3) is 2.03. The van der Waals surface area contributed by atoms with Gasteiger partial charge in [-0.05, 0) is 31.4 Å². The van der Waals surface area contributed by atoms with Crippen molar-refractivity contribution in [2.24, 2.45) is 5.73 Å². The molecule has 0 saturated heterocycles. The quantitative estimate of drug-likeness (QED) is 0.859. The van der Waals surface area contributed by atoms with Gasteiger partial charge >= 0.3 is 0 Å². The Bertz CT molecular complexity index is 567. The average molecular weight is 271 g/mol. The molecule has 1 aromatic carbocycles. The SMILES string of the molecule is NC1CCC(c2nc3cc(Cl)cc(Cl)c3o2)C1. The molecule has 0 bridgehead atoms. The lowest BCUT2D eigenvalue weighted by Crippen LogP contribution is -2.14. The van der Waals surface area contributed by atoms with Crippen LogP contribution in [0, 0.1) is 0 Å². The molecule has 1 heterocycles. The maximum atomic E-state index is 6.07. The van der Waals surface area contributed by atoms with Crippen LogP contribution < -0.4 is 5.73 Å². The molecule has 1 saturated carbocycles. The molecular formula is C12H12Cl2N2O. The fourth-order valence-electron chi connectivity index (χ4n) is 2.39. The molecule has 2 unspecified atom stereocenters. The summed E-state index contributed by atoms with van der Waals surface area (Å²) in [6.07, 6.45) is 2.98. The van der Waals surface area contributed by atoms with E-state index in [-0.39, 0.29) is 6.04 Å². The molecule has 2 aromatic rings. The molecule has 17 heavy (non-hydrogen) atoms. The highest BCUT2D eigenvalue weighted by molar-refractivity contribution is 6.37. The van der Waals surface area contributed by atoms with Crippen molar-refractivity contribution in [3.63, 3.8) is 0 Å². The van der Waals surface area contributed by atoms with Crippen LogP contribution in [0.3, 0.4) is 0 Å². The first-order chi connectivity index (χ1) is 8.13. The molecule has 0 aliphatic heterocycles. The van der Waals surface area contributed by atoms with E-state index in [4.69, 9.17) is 33.4 Å². The van der Waals surface area contributed by atoms with Gasteiger partial charge in [0.1, 0.15) is 5.52 Å². The van der Waals surface area contributed by atoms with Crippen LogP contribution in [-0.4, -0.2) is 11.0 Å². The van der Waals surface area contributed by atoms with Crippen LogP contribution in [0.15, 0.2) is 16.5 Å². The molecule has 1 aliphatic rings. The van der Waals surface area contributed by atoms with E-state index in [1.165, 1.54) is 0 Å². The van der Waals surface area contributed by atoms with E-state index in [1.807, 2.05) is 0 Å². The molecule has 2 atom stereocenters. The predicted molar refractivity (Wildman–Crippen MR) is 68.6 cm³/mol. The van der Waals surface area contributed by atoms with Gasteiger partial charge in [0.2, 0.25) is 0 Å². The maximum absolute atomic E-state index is 6.07. The molecule has 1 fully saturated rings. The summed E-state index contributed by atoms with van der Waals surface area (Å²) < 4.78 is 5.73. The van der Waals surface area contributed by atoms with Crippen LogP contribution in [0.1, 0.15) is 31.1 Å². The van der Waals surface area contributed by atoms with Gasteiger partial charge in [0.25, 0.3) is 0 Å². The highest BCUT2D eigenvalue weighted by atomic mass is 35.5. The molecular weight excluding hydrogens is 259 g/mol. The third-order valence-electron chi connectivity index (χ3n) is 3.25.